The number of carbonyl (C=O) groups is 1. The molecule has 0 aliphatic heterocycles. The van der Waals surface area contributed by atoms with Crippen molar-refractivity contribution >= 4 is 5.91 Å². The number of nitrogens with zero attached hydrogens (tertiary/aromatic N) is 3. The van der Waals surface area contributed by atoms with E-state index in [0.29, 0.717) is 17.5 Å². The number of halogens is 2. The molecule has 1 N–H and O–H groups in total. The molecule has 2 heterocycles. The molecule has 2 atom stereocenters. The first-order chi connectivity index (χ1) is 14.1. The molecule has 0 saturated heterocycles. The van der Waals surface area contributed by atoms with Crippen LogP contribution in [0, 0.1) is 17.6 Å². The molecule has 3 aliphatic carbocycles. The molecular weight excluding hydrogens is 374 g/mol. The topological polar surface area (TPSA) is 59.8 Å². The van der Waals surface area contributed by atoms with Crippen molar-refractivity contribution in [3.63, 3.8) is 0 Å². The summed E-state index contributed by atoms with van der Waals surface area (Å²) < 4.78 is 29.3. The smallest absolute Gasteiger partial charge is 0.272 e. The van der Waals surface area contributed by atoms with E-state index < -0.39 is 17.2 Å². The van der Waals surface area contributed by atoms with Gasteiger partial charge in [-0.1, -0.05) is 6.07 Å². The number of fused-ring (bicyclic) bond motifs is 3. The SMILES string of the molecule is O=C(NC1(c2ccccn2)CC1)c1nn(-c2ccc(F)cc2F)c2c1C[C@@H]1C[C@H]21. The van der Waals surface area contributed by atoms with Crippen LogP contribution in [-0.2, 0) is 12.0 Å². The number of aromatic nitrogens is 3. The molecular formula is C22H18F2N4O. The Morgan fingerprint density at radius 1 is 1.21 bits per heavy atom. The summed E-state index contributed by atoms with van der Waals surface area (Å²) >= 11 is 0. The third-order valence-electron chi connectivity index (χ3n) is 6.37. The van der Waals surface area contributed by atoms with Crippen LogP contribution in [0.3, 0.4) is 0 Å². The van der Waals surface area contributed by atoms with Gasteiger partial charge in [0, 0.05) is 23.7 Å². The van der Waals surface area contributed by atoms with E-state index in [1.165, 1.54) is 16.8 Å². The van der Waals surface area contributed by atoms with Crippen molar-refractivity contribution in [2.45, 2.75) is 37.1 Å². The molecule has 0 bridgehead atoms. The summed E-state index contributed by atoms with van der Waals surface area (Å²) in [6, 6.07) is 9.12. The minimum absolute atomic E-state index is 0.181. The minimum atomic E-state index is -0.682. The Morgan fingerprint density at radius 2 is 2.07 bits per heavy atom. The van der Waals surface area contributed by atoms with Crippen LogP contribution in [0.5, 0.6) is 0 Å². The van der Waals surface area contributed by atoms with Gasteiger partial charge in [0.05, 0.1) is 16.9 Å². The highest BCUT2D eigenvalue weighted by molar-refractivity contribution is 5.95. The summed E-state index contributed by atoms with van der Waals surface area (Å²) in [5.74, 6) is -0.780. The first kappa shape index (κ1) is 16.8. The zero-order chi connectivity index (χ0) is 19.8. The second kappa shape index (κ2) is 5.72. The largest absolute Gasteiger partial charge is 0.340 e. The fraction of sp³-hybridized carbons (Fsp3) is 0.318. The molecule has 2 saturated carbocycles. The van der Waals surface area contributed by atoms with Crippen molar-refractivity contribution in [3.8, 4) is 5.69 Å². The van der Waals surface area contributed by atoms with Crippen molar-refractivity contribution in [1.82, 2.24) is 20.1 Å². The van der Waals surface area contributed by atoms with Crippen LogP contribution < -0.4 is 5.32 Å². The molecule has 3 aromatic rings. The fourth-order valence-electron chi connectivity index (χ4n) is 4.63. The van der Waals surface area contributed by atoms with Gasteiger partial charge in [0.1, 0.15) is 11.5 Å². The van der Waals surface area contributed by atoms with E-state index in [2.05, 4.69) is 15.4 Å². The highest BCUT2D eigenvalue weighted by atomic mass is 19.1. The number of carbonyl (C=O) groups excluding carboxylic acids is 1. The Hall–Kier alpha value is -3.09. The lowest BCUT2D eigenvalue weighted by atomic mass is 10.1. The van der Waals surface area contributed by atoms with Gasteiger partial charge in [0.2, 0.25) is 0 Å². The first-order valence-electron chi connectivity index (χ1n) is 9.87. The van der Waals surface area contributed by atoms with E-state index in [9.17, 15) is 13.6 Å². The molecule has 0 radical (unpaired) electrons. The third kappa shape index (κ3) is 2.53. The molecule has 0 spiro atoms. The number of hydrogen-bond acceptors (Lipinski definition) is 3. The lowest BCUT2D eigenvalue weighted by molar-refractivity contribution is 0.0923. The highest BCUT2D eigenvalue weighted by Gasteiger charge is 2.52. The highest BCUT2D eigenvalue weighted by Crippen LogP contribution is 2.57. The summed E-state index contributed by atoms with van der Waals surface area (Å²) in [5.41, 5.74) is 2.71. The standard InChI is InChI=1S/C22H18F2N4O/c23-13-4-5-17(16(24)11-13)28-20-14-9-12(14)10-15(20)19(27-28)21(29)26-22(6-7-22)18-3-1-2-8-25-18/h1-5,8,11-12,14H,6-7,9-10H2,(H,26,29)/t12-,14-/m0/s1. The number of hydrogen-bond donors (Lipinski definition) is 1. The molecule has 1 amide bonds. The van der Waals surface area contributed by atoms with Crippen LogP contribution >= 0.6 is 0 Å². The Kier molecular flexibility index (Phi) is 3.32. The quantitative estimate of drug-likeness (QED) is 0.738. The summed E-state index contributed by atoms with van der Waals surface area (Å²) in [4.78, 5) is 17.6. The zero-order valence-corrected chi connectivity index (χ0v) is 15.5. The van der Waals surface area contributed by atoms with Crippen LogP contribution in [0.25, 0.3) is 5.69 Å². The van der Waals surface area contributed by atoms with Crippen LogP contribution in [0.15, 0.2) is 42.6 Å². The summed E-state index contributed by atoms with van der Waals surface area (Å²) in [6.45, 7) is 0. The third-order valence-corrected chi connectivity index (χ3v) is 6.37. The Morgan fingerprint density at radius 3 is 2.79 bits per heavy atom. The molecule has 2 aromatic heterocycles. The molecule has 146 valence electrons. The van der Waals surface area contributed by atoms with Gasteiger partial charge in [-0.05, 0) is 55.9 Å². The molecule has 6 rings (SSSR count). The van der Waals surface area contributed by atoms with Gasteiger partial charge < -0.3 is 5.32 Å². The summed E-state index contributed by atoms with van der Waals surface area (Å²) in [5, 5.41) is 7.61. The maximum atomic E-state index is 14.4. The second-order valence-electron chi connectivity index (χ2n) is 8.28. The Balaban J connectivity index is 1.39. The van der Waals surface area contributed by atoms with Gasteiger partial charge in [-0.3, -0.25) is 9.78 Å². The van der Waals surface area contributed by atoms with Crippen LogP contribution in [0.4, 0.5) is 8.78 Å². The van der Waals surface area contributed by atoms with Gasteiger partial charge >= 0.3 is 0 Å². The van der Waals surface area contributed by atoms with E-state index >= 15 is 0 Å². The number of pyridine rings is 1. The van der Waals surface area contributed by atoms with Crippen molar-refractivity contribution in [1.29, 1.82) is 0 Å². The Bertz CT molecular complexity index is 1150. The molecule has 3 aliphatic rings. The molecule has 5 nitrogen and oxygen atoms in total. The predicted octanol–water partition coefficient (Wildman–Crippen LogP) is 3.62. The maximum absolute atomic E-state index is 14.4. The van der Waals surface area contributed by atoms with Gasteiger partial charge in [-0.25, -0.2) is 13.5 Å². The predicted molar refractivity (Wildman–Crippen MR) is 101 cm³/mol. The van der Waals surface area contributed by atoms with Gasteiger partial charge in [0.15, 0.2) is 11.5 Å². The van der Waals surface area contributed by atoms with Gasteiger partial charge in [-0.2, -0.15) is 5.10 Å². The van der Waals surface area contributed by atoms with Crippen LogP contribution in [0.2, 0.25) is 0 Å². The van der Waals surface area contributed by atoms with E-state index in [4.69, 9.17) is 0 Å². The fourth-order valence-corrected chi connectivity index (χ4v) is 4.63. The van der Waals surface area contributed by atoms with Gasteiger partial charge in [0.25, 0.3) is 5.91 Å². The minimum Gasteiger partial charge on any atom is -0.340 e. The van der Waals surface area contributed by atoms with Gasteiger partial charge in [-0.15, -0.1) is 0 Å². The lowest BCUT2D eigenvalue weighted by Gasteiger charge is -2.16. The number of benzene rings is 1. The van der Waals surface area contributed by atoms with Crippen LogP contribution in [-0.4, -0.2) is 20.7 Å². The zero-order valence-electron chi connectivity index (χ0n) is 15.5. The van der Waals surface area contributed by atoms with E-state index in [0.717, 1.165) is 48.7 Å². The number of rotatable bonds is 4. The molecule has 7 heteroatoms. The molecule has 1 aromatic carbocycles. The average Bonchev–Trinajstić information content (AvgIpc) is 3.59. The van der Waals surface area contributed by atoms with Crippen molar-refractivity contribution in [3.05, 3.63) is 76.9 Å². The van der Waals surface area contributed by atoms with E-state index in [1.54, 1.807) is 6.20 Å². The summed E-state index contributed by atoms with van der Waals surface area (Å²) in [7, 11) is 0. The monoisotopic (exact) mass is 392 g/mol. The number of nitrogens with one attached hydrogen (secondary N) is 1. The molecule has 2 fully saturated rings. The summed E-state index contributed by atoms with van der Waals surface area (Å²) in [6.07, 6.45) is 5.19. The maximum Gasteiger partial charge on any atom is 0.272 e. The first-order valence-corrected chi connectivity index (χ1v) is 9.87. The molecule has 0 unspecified atom stereocenters. The Labute approximate surface area is 165 Å². The second-order valence-corrected chi connectivity index (χ2v) is 8.28. The van der Waals surface area contributed by atoms with Crippen molar-refractivity contribution < 1.29 is 13.6 Å². The average molecular weight is 392 g/mol. The normalized spacial score (nSPS) is 22.7. The van der Waals surface area contributed by atoms with Crippen molar-refractivity contribution in [2.75, 3.05) is 0 Å². The van der Waals surface area contributed by atoms with E-state index in [1.807, 2.05) is 18.2 Å². The number of amides is 1. The van der Waals surface area contributed by atoms with E-state index in [-0.39, 0.29) is 11.6 Å². The van der Waals surface area contributed by atoms with Crippen molar-refractivity contribution in [2.24, 2.45) is 5.92 Å². The molecule has 29 heavy (non-hydrogen) atoms. The van der Waals surface area contributed by atoms with Crippen LogP contribution in [0.1, 0.15) is 52.6 Å². The lowest BCUT2D eigenvalue weighted by Crippen LogP contribution is -2.36.